The molecule has 2 amide bonds. The molecule has 0 radical (unpaired) electrons. The second kappa shape index (κ2) is 8.58. The minimum atomic E-state index is -1.13. The summed E-state index contributed by atoms with van der Waals surface area (Å²) in [5, 5.41) is 15.3. The number of carbonyl (C=O) groups is 2. The Morgan fingerprint density at radius 1 is 1.21 bits per heavy atom. The number of nitrogens with one attached hydrogen (secondary N) is 2. The third kappa shape index (κ3) is 5.11. The van der Waals surface area contributed by atoms with E-state index in [1.165, 1.54) is 12.3 Å². The van der Waals surface area contributed by atoms with Crippen LogP contribution >= 0.6 is 11.6 Å². The van der Waals surface area contributed by atoms with E-state index in [9.17, 15) is 9.59 Å². The van der Waals surface area contributed by atoms with Crippen molar-refractivity contribution in [2.75, 3.05) is 5.32 Å². The summed E-state index contributed by atoms with van der Waals surface area (Å²) in [6.07, 6.45) is 5.67. The average molecular weight is 400 g/mol. The summed E-state index contributed by atoms with van der Waals surface area (Å²) in [7, 11) is 0. The number of halogens is 1. The molecule has 8 heteroatoms. The number of urea groups is 1. The van der Waals surface area contributed by atoms with Crippen molar-refractivity contribution in [1.29, 1.82) is 0 Å². The average Bonchev–Trinajstić information content (AvgIpc) is 2.66. The van der Waals surface area contributed by atoms with Gasteiger partial charge in [-0.25, -0.2) is 14.6 Å². The first-order valence-corrected chi connectivity index (χ1v) is 8.87. The minimum absolute atomic E-state index is 0.101. The van der Waals surface area contributed by atoms with Gasteiger partial charge in [0.2, 0.25) is 0 Å². The molecule has 7 nitrogen and oxygen atoms in total. The molecule has 144 valence electrons. The second-order valence-electron chi connectivity index (χ2n) is 6.20. The van der Waals surface area contributed by atoms with E-state index in [4.69, 9.17) is 21.4 Å². The number of carboxylic acid groups (broad SMARTS) is 1. The molecule has 1 aromatic carbocycles. The fourth-order valence-electron chi connectivity index (χ4n) is 2.61. The smallest absolute Gasteiger partial charge is 0.354 e. The Bertz CT molecular complexity index is 954. The van der Waals surface area contributed by atoms with Gasteiger partial charge in [-0.1, -0.05) is 23.3 Å². The number of rotatable bonds is 5. The van der Waals surface area contributed by atoms with Crippen molar-refractivity contribution in [3.63, 3.8) is 0 Å². The van der Waals surface area contributed by atoms with Gasteiger partial charge in [0.05, 0.1) is 6.04 Å². The van der Waals surface area contributed by atoms with E-state index in [2.05, 4.69) is 15.6 Å². The number of carbonyl (C=O) groups excluding carboxylic acids is 1. The molecule has 1 aliphatic rings. The molecule has 28 heavy (non-hydrogen) atoms. The molecule has 1 heterocycles. The quantitative estimate of drug-likeness (QED) is 0.685. The zero-order valence-electron chi connectivity index (χ0n) is 15.0. The van der Waals surface area contributed by atoms with Gasteiger partial charge in [-0.3, -0.25) is 0 Å². The van der Waals surface area contributed by atoms with Gasteiger partial charge in [0.25, 0.3) is 0 Å². The highest BCUT2D eigenvalue weighted by molar-refractivity contribution is 6.31. The summed E-state index contributed by atoms with van der Waals surface area (Å²) < 4.78 is 5.61. The first-order chi connectivity index (χ1) is 13.4. The number of hydrogen-bond acceptors (Lipinski definition) is 4. The van der Waals surface area contributed by atoms with E-state index < -0.39 is 5.97 Å². The Hall–Kier alpha value is -3.32. The maximum absolute atomic E-state index is 12.1. The number of allylic oxidation sites excluding steroid dienone is 2. The van der Waals surface area contributed by atoms with Crippen molar-refractivity contribution < 1.29 is 19.4 Å². The summed E-state index contributed by atoms with van der Waals surface area (Å²) >= 11 is 6.02. The van der Waals surface area contributed by atoms with Crippen molar-refractivity contribution in [1.82, 2.24) is 10.3 Å². The molecule has 1 atom stereocenters. The lowest BCUT2D eigenvalue weighted by Gasteiger charge is -2.19. The number of anilines is 1. The first kappa shape index (κ1) is 19.4. The molecule has 0 saturated heterocycles. The monoisotopic (exact) mass is 399 g/mol. The van der Waals surface area contributed by atoms with E-state index in [0.29, 0.717) is 28.6 Å². The highest BCUT2D eigenvalue weighted by Gasteiger charge is 2.15. The van der Waals surface area contributed by atoms with Gasteiger partial charge < -0.3 is 20.5 Å². The lowest BCUT2D eigenvalue weighted by molar-refractivity contribution is 0.0690. The van der Waals surface area contributed by atoms with E-state index in [-0.39, 0.29) is 17.8 Å². The molecule has 0 aliphatic heterocycles. The highest BCUT2D eigenvalue weighted by atomic mass is 35.5. The van der Waals surface area contributed by atoms with Crippen LogP contribution in [0.15, 0.2) is 65.4 Å². The molecule has 0 bridgehead atoms. The molecule has 1 aromatic heterocycles. The number of benzene rings is 1. The maximum Gasteiger partial charge on any atom is 0.354 e. The summed E-state index contributed by atoms with van der Waals surface area (Å²) in [6.45, 7) is 1.93. The number of amides is 2. The molecular weight excluding hydrogens is 382 g/mol. The van der Waals surface area contributed by atoms with Crippen molar-refractivity contribution in [2.45, 2.75) is 19.4 Å². The molecule has 0 saturated carbocycles. The zero-order valence-corrected chi connectivity index (χ0v) is 15.7. The number of ether oxygens (including phenoxy) is 1. The lowest BCUT2D eigenvalue weighted by Crippen LogP contribution is -2.37. The Balaban J connectivity index is 1.56. The number of pyridine rings is 1. The van der Waals surface area contributed by atoms with Crippen LogP contribution in [0.1, 0.15) is 23.8 Å². The topological polar surface area (TPSA) is 101 Å². The summed E-state index contributed by atoms with van der Waals surface area (Å²) in [6, 6.07) is 9.18. The molecular formula is C20H18ClN3O4. The number of aromatic carboxylic acids is 1. The third-order valence-electron chi connectivity index (χ3n) is 4.02. The van der Waals surface area contributed by atoms with E-state index >= 15 is 0 Å². The number of aromatic nitrogens is 1. The van der Waals surface area contributed by atoms with Crippen LogP contribution in [0.4, 0.5) is 10.5 Å². The van der Waals surface area contributed by atoms with Crippen molar-refractivity contribution in [2.24, 2.45) is 0 Å². The summed E-state index contributed by atoms with van der Waals surface area (Å²) in [4.78, 5) is 26.8. The fourth-order valence-corrected chi connectivity index (χ4v) is 2.76. The fraction of sp³-hybridized carbons (Fsp3) is 0.150. The molecule has 3 rings (SSSR count). The highest BCUT2D eigenvalue weighted by Crippen LogP contribution is 2.24. The Kier molecular flexibility index (Phi) is 5.96. The number of carboxylic acids is 1. The summed E-state index contributed by atoms with van der Waals surface area (Å²) in [5.74, 6) is -0.270. The van der Waals surface area contributed by atoms with Gasteiger partial charge in [0.1, 0.15) is 11.5 Å². The van der Waals surface area contributed by atoms with Gasteiger partial charge >= 0.3 is 12.0 Å². The molecule has 0 fully saturated rings. The third-order valence-corrected chi connectivity index (χ3v) is 4.47. The van der Waals surface area contributed by atoms with Crippen LogP contribution in [0.5, 0.6) is 11.5 Å². The molecule has 3 N–H and O–H groups in total. The van der Waals surface area contributed by atoms with Crippen molar-refractivity contribution >= 4 is 29.3 Å². The van der Waals surface area contributed by atoms with Crippen LogP contribution in [0.3, 0.4) is 0 Å². The van der Waals surface area contributed by atoms with E-state index in [1.807, 2.05) is 13.0 Å². The molecule has 2 aromatic rings. The second-order valence-corrected chi connectivity index (χ2v) is 6.61. The largest absolute Gasteiger partial charge is 0.477 e. The van der Waals surface area contributed by atoms with Gasteiger partial charge in [-0.2, -0.15) is 0 Å². The van der Waals surface area contributed by atoms with Crippen LogP contribution in [0.25, 0.3) is 0 Å². The van der Waals surface area contributed by atoms with Crippen LogP contribution < -0.4 is 15.4 Å². The number of nitrogens with zero attached hydrogens (tertiary/aromatic N) is 1. The Morgan fingerprint density at radius 2 is 1.96 bits per heavy atom. The minimum Gasteiger partial charge on any atom is -0.477 e. The summed E-state index contributed by atoms with van der Waals surface area (Å²) in [5.41, 5.74) is 1.52. The standard InChI is InChI=1S/C20H18ClN3O4/c1-12-10-14(4-7-17(12)21)24-20(27)23-13-2-5-15(6-3-13)28-16-8-9-22-18(11-16)19(25)26/h2-9,11,14H,10H2,1H3,(H,25,26)(H2,23,24,27). The van der Waals surface area contributed by atoms with Crippen LogP contribution in [-0.4, -0.2) is 28.1 Å². The van der Waals surface area contributed by atoms with Gasteiger partial charge in [-0.15, -0.1) is 0 Å². The zero-order chi connectivity index (χ0) is 20.1. The van der Waals surface area contributed by atoms with Crippen LogP contribution in [0, 0.1) is 0 Å². The lowest BCUT2D eigenvalue weighted by atomic mass is 10.0. The predicted molar refractivity (Wildman–Crippen MR) is 106 cm³/mol. The predicted octanol–water partition coefficient (Wildman–Crippen LogP) is 4.53. The molecule has 1 aliphatic carbocycles. The van der Waals surface area contributed by atoms with Crippen molar-refractivity contribution in [3.05, 3.63) is 71.0 Å². The SMILES string of the molecule is CC1=C(Cl)C=CC(NC(=O)Nc2ccc(Oc3ccnc(C(=O)O)c3)cc2)C1. The van der Waals surface area contributed by atoms with Gasteiger partial charge in [0, 0.05) is 23.0 Å². The van der Waals surface area contributed by atoms with Gasteiger partial charge in [-0.05, 0) is 49.8 Å². The van der Waals surface area contributed by atoms with Crippen LogP contribution in [0.2, 0.25) is 0 Å². The van der Waals surface area contributed by atoms with E-state index in [1.54, 1.807) is 36.4 Å². The Morgan fingerprint density at radius 3 is 2.64 bits per heavy atom. The number of hydrogen-bond donors (Lipinski definition) is 3. The molecule has 1 unspecified atom stereocenters. The van der Waals surface area contributed by atoms with Gasteiger partial charge in [0.15, 0.2) is 5.69 Å². The van der Waals surface area contributed by atoms with Crippen LogP contribution in [-0.2, 0) is 0 Å². The molecule has 0 spiro atoms. The maximum atomic E-state index is 12.1. The first-order valence-electron chi connectivity index (χ1n) is 8.49. The van der Waals surface area contributed by atoms with Crippen molar-refractivity contribution in [3.8, 4) is 11.5 Å². The Labute approximate surface area is 166 Å². The normalized spacial score (nSPS) is 15.9. The van der Waals surface area contributed by atoms with E-state index in [0.717, 1.165) is 5.57 Å².